The molecule has 1 unspecified atom stereocenters. The first-order chi connectivity index (χ1) is 13.6. The molecule has 6 heteroatoms. The summed E-state index contributed by atoms with van der Waals surface area (Å²) in [6.07, 6.45) is 0. The molecule has 1 aliphatic heterocycles. The van der Waals surface area contributed by atoms with Crippen LogP contribution in [0.25, 0.3) is 0 Å². The van der Waals surface area contributed by atoms with Crippen molar-refractivity contribution in [1.29, 1.82) is 5.26 Å². The third-order valence-electron chi connectivity index (χ3n) is 5.09. The number of rotatable bonds is 6. The predicted molar refractivity (Wildman–Crippen MR) is 110 cm³/mol. The summed E-state index contributed by atoms with van der Waals surface area (Å²) in [5, 5.41) is 11.8. The van der Waals surface area contributed by atoms with Gasteiger partial charge in [-0.15, -0.1) is 0 Å². The van der Waals surface area contributed by atoms with E-state index in [0.717, 1.165) is 26.3 Å². The summed E-state index contributed by atoms with van der Waals surface area (Å²) in [7, 11) is 1.96. The van der Waals surface area contributed by atoms with Crippen molar-refractivity contribution in [2.75, 3.05) is 43.6 Å². The highest BCUT2D eigenvalue weighted by atomic mass is 16.5. The van der Waals surface area contributed by atoms with Crippen molar-refractivity contribution in [3.63, 3.8) is 0 Å². The minimum Gasteiger partial charge on any atom is -0.378 e. The van der Waals surface area contributed by atoms with Gasteiger partial charge in [0.1, 0.15) is 0 Å². The third-order valence-corrected chi connectivity index (χ3v) is 5.09. The topological polar surface area (TPSA) is 68.6 Å². The summed E-state index contributed by atoms with van der Waals surface area (Å²) < 4.78 is 5.46. The van der Waals surface area contributed by atoms with Crippen molar-refractivity contribution < 1.29 is 9.53 Å². The molecule has 1 saturated heterocycles. The van der Waals surface area contributed by atoms with E-state index < -0.39 is 0 Å². The minimum atomic E-state index is -0.298. The van der Waals surface area contributed by atoms with E-state index in [1.165, 1.54) is 11.3 Å². The van der Waals surface area contributed by atoms with Gasteiger partial charge >= 0.3 is 0 Å². The van der Waals surface area contributed by atoms with E-state index in [4.69, 9.17) is 10.00 Å². The smallest absolute Gasteiger partial charge is 0.241 e. The van der Waals surface area contributed by atoms with Crippen LogP contribution in [-0.4, -0.2) is 50.2 Å². The number of ether oxygens (including phenoxy) is 1. The molecule has 1 amide bonds. The van der Waals surface area contributed by atoms with Gasteiger partial charge in [-0.05, 0) is 49.9 Å². The van der Waals surface area contributed by atoms with E-state index in [-0.39, 0.29) is 11.9 Å². The van der Waals surface area contributed by atoms with Gasteiger partial charge < -0.3 is 15.0 Å². The van der Waals surface area contributed by atoms with Gasteiger partial charge in [0.05, 0.1) is 30.9 Å². The van der Waals surface area contributed by atoms with Crippen LogP contribution in [0.4, 0.5) is 11.4 Å². The monoisotopic (exact) mass is 378 g/mol. The number of likely N-dealkylation sites (N-methyl/N-ethyl adjacent to an activating group) is 1. The van der Waals surface area contributed by atoms with Gasteiger partial charge in [0.25, 0.3) is 0 Å². The van der Waals surface area contributed by atoms with Crippen LogP contribution in [0.5, 0.6) is 0 Å². The maximum absolute atomic E-state index is 12.6. The Morgan fingerprint density at radius 3 is 2.57 bits per heavy atom. The first-order valence-electron chi connectivity index (χ1n) is 9.50. The number of benzene rings is 2. The fourth-order valence-electron chi connectivity index (χ4n) is 3.24. The fraction of sp³-hybridized carbons (Fsp3) is 0.364. The predicted octanol–water partition coefficient (Wildman–Crippen LogP) is 2.85. The second kappa shape index (κ2) is 9.36. The lowest BCUT2D eigenvalue weighted by Gasteiger charge is -2.32. The molecule has 0 aromatic heterocycles. The highest BCUT2D eigenvalue weighted by Crippen LogP contribution is 2.23. The Hall–Kier alpha value is -2.88. The first-order valence-corrected chi connectivity index (χ1v) is 9.50. The van der Waals surface area contributed by atoms with Gasteiger partial charge in [-0.1, -0.05) is 18.2 Å². The van der Waals surface area contributed by atoms with Crippen LogP contribution in [0.3, 0.4) is 0 Å². The molecule has 1 N–H and O–H groups in total. The Kier molecular flexibility index (Phi) is 6.64. The Balaban J connectivity index is 1.64. The van der Waals surface area contributed by atoms with Crippen LogP contribution < -0.4 is 10.2 Å². The molecule has 0 aliphatic carbocycles. The van der Waals surface area contributed by atoms with E-state index in [1.54, 1.807) is 24.3 Å². The maximum Gasteiger partial charge on any atom is 0.241 e. The molecular weight excluding hydrogens is 352 g/mol. The van der Waals surface area contributed by atoms with Crippen LogP contribution in [0, 0.1) is 11.3 Å². The molecule has 1 aliphatic rings. The lowest BCUT2D eigenvalue weighted by molar-refractivity contribution is -0.120. The molecule has 0 saturated carbocycles. The van der Waals surface area contributed by atoms with E-state index in [0.29, 0.717) is 17.8 Å². The van der Waals surface area contributed by atoms with Crippen molar-refractivity contribution in [1.82, 2.24) is 4.90 Å². The Bertz CT molecular complexity index is 838. The summed E-state index contributed by atoms with van der Waals surface area (Å²) in [6, 6.07) is 17.0. The quantitative estimate of drug-likeness (QED) is 0.837. The number of carbonyl (C=O) groups is 1. The summed E-state index contributed by atoms with van der Waals surface area (Å²) in [4.78, 5) is 17.0. The normalized spacial score (nSPS) is 15.1. The molecule has 2 aromatic carbocycles. The lowest BCUT2D eigenvalue weighted by atomic mass is 10.1. The van der Waals surface area contributed by atoms with Crippen molar-refractivity contribution in [3.05, 3.63) is 59.7 Å². The van der Waals surface area contributed by atoms with Crippen molar-refractivity contribution in [2.24, 2.45) is 0 Å². The molecule has 1 atom stereocenters. The number of hydrogen-bond donors (Lipinski definition) is 1. The molecular formula is C22H26N4O2. The van der Waals surface area contributed by atoms with Crippen LogP contribution in [0.1, 0.15) is 18.1 Å². The van der Waals surface area contributed by atoms with E-state index >= 15 is 0 Å². The van der Waals surface area contributed by atoms with E-state index in [2.05, 4.69) is 34.5 Å². The summed E-state index contributed by atoms with van der Waals surface area (Å²) in [5.74, 6) is -0.0731. The Labute approximate surface area is 166 Å². The number of amides is 1. The molecule has 0 radical (unpaired) electrons. The molecule has 1 heterocycles. The number of nitrogens with zero attached hydrogens (tertiary/aromatic N) is 3. The summed E-state index contributed by atoms with van der Waals surface area (Å²) in [6.45, 7) is 5.83. The molecule has 6 nitrogen and oxygen atoms in total. The highest BCUT2D eigenvalue weighted by molar-refractivity contribution is 5.94. The van der Waals surface area contributed by atoms with Crippen LogP contribution in [-0.2, 0) is 16.1 Å². The number of anilines is 2. The number of hydrogen-bond acceptors (Lipinski definition) is 5. The zero-order valence-electron chi connectivity index (χ0n) is 16.4. The second-order valence-corrected chi connectivity index (χ2v) is 7.00. The zero-order valence-corrected chi connectivity index (χ0v) is 16.4. The molecule has 1 fully saturated rings. The van der Waals surface area contributed by atoms with Crippen LogP contribution >= 0.6 is 0 Å². The lowest BCUT2D eigenvalue weighted by Crippen LogP contribution is -2.40. The van der Waals surface area contributed by atoms with Crippen LogP contribution in [0.2, 0.25) is 0 Å². The highest BCUT2D eigenvalue weighted by Gasteiger charge is 2.21. The minimum absolute atomic E-state index is 0.0731. The van der Waals surface area contributed by atoms with E-state index in [1.807, 2.05) is 24.9 Å². The van der Waals surface area contributed by atoms with Gasteiger partial charge in [-0.2, -0.15) is 5.26 Å². The Morgan fingerprint density at radius 2 is 1.89 bits per heavy atom. The number of nitriles is 1. The van der Waals surface area contributed by atoms with E-state index in [9.17, 15) is 4.79 Å². The number of carbonyl (C=O) groups excluding carboxylic acids is 1. The second-order valence-electron chi connectivity index (χ2n) is 7.00. The van der Waals surface area contributed by atoms with Gasteiger partial charge in [-0.3, -0.25) is 9.69 Å². The molecule has 2 aromatic rings. The van der Waals surface area contributed by atoms with Crippen molar-refractivity contribution in [2.45, 2.75) is 19.5 Å². The molecule has 3 rings (SSSR count). The molecule has 0 spiro atoms. The average Bonchev–Trinajstić information content (AvgIpc) is 2.74. The number of para-hydroxylation sites is 1. The zero-order chi connectivity index (χ0) is 19.9. The Morgan fingerprint density at radius 1 is 1.21 bits per heavy atom. The SMILES string of the molecule is CC(C(=O)Nc1ccc(C#N)cc1)N(C)Cc1ccccc1N1CCOCC1. The van der Waals surface area contributed by atoms with Gasteiger partial charge in [0.15, 0.2) is 0 Å². The third kappa shape index (κ3) is 4.89. The van der Waals surface area contributed by atoms with Crippen molar-refractivity contribution in [3.8, 4) is 6.07 Å². The largest absolute Gasteiger partial charge is 0.378 e. The fourth-order valence-corrected chi connectivity index (χ4v) is 3.24. The van der Waals surface area contributed by atoms with Crippen LogP contribution in [0.15, 0.2) is 48.5 Å². The summed E-state index contributed by atoms with van der Waals surface area (Å²) >= 11 is 0. The van der Waals surface area contributed by atoms with Gasteiger partial charge in [-0.25, -0.2) is 0 Å². The number of morpholine rings is 1. The van der Waals surface area contributed by atoms with Gasteiger partial charge in [0.2, 0.25) is 5.91 Å². The molecule has 0 bridgehead atoms. The molecule has 146 valence electrons. The standard InChI is InChI=1S/C22H26N4O2/c1-17(22(27)24-20-9-7-18(15-23)8-10-20)25(2)16-19-5-3-4-6-21(19)26-11-13-28-14-12-26/h3-10,17H,11-14,16H2,1-2H3,(H,24,27). The first kappa shape index (κ1) is 19.9. The average molecular weight is 378 g/mol. The number of nitrogens with one attached hydrogen (secondary N) is 1. The summed E-state index contributed by atoms with van der Waals surface area (Å²) in [5.41, 5.74) is 3.67. The van der Waals surface area contributed by atoms with Gasteiger partial charge in [0, 0.05) is 31.0 Å². The maximum atomic E-state index is 12.6. The van der Waals surface area contributed by atoms with Crippen molar-refractivity contribution >= 4 is 17.3 Å². The molecule has 28 heavy (non-hydrogen) atoms.